The first-order chi connectivity index (χ1) is 9.98. The van der Waals surface area contributed by atoms with Crippen molar-refractivity contribution in [3.05, 3.63) is 45.6 Å². The van der Waals surface area contributed by atoms with Crippen molar-refractivity contribution in [1.82, 2.24) is 0 Å². The molecule has 0 spiro atoms. The van der Waals surface area contributed by atoms with Gasteiger partial charge in [0.2, 0.25) is 0 Å². The molecule has 1 atom stereocenters. The molecule has 3 rings (SSSR count). The van der Waals surface area contributed by atoms with Gasteiger partial charge in [-0.3, -0.25) is 0 Å². The summed E-state index contributed by atoms with van der Waals surface area (Å²) in [7, 11) is 0. The molecule has 2 heterocycles. The number of nitrogens with two attached hydrogens (primary N) is 1. The molecule has 2 aromatic rings. The Kier molecular flexibility index (Phi) is 3.68. The van der Waals surface area contributed by atoms with E-state index in [1.807, 2.05) is 12.1 Å². The normalized spacial score (nSPS) is 17.1. The molecular weight excluding hydrogens is 282 g/mol. The van der Waals surface area contributed by atoms with Gasteiger partial charge < -0.3 is 15.2 Å². The van der Waals surface area contributed by atoms with Crippen molar-refractivity contribution in [2.24, 2.45) is 5.73 Å². The zero-order chi connectivity index (χ0) is 15.0. The molecule has 0 bridgehead atoms. The van der Waals surface area contributed by atoms with E-state index < -0.39 is 0 Å². The highest BCUT2D eigenvalue weighted by Crippen LogP contribution is 2.43. The first-order valence-electron chi connectivity index (χ1n) is 7.22. The summed E-state index contributed by atoms with van der Waals surface area (Å²) in [5, 5.41) is 0. The predicted molar refractivity (Wildman–Crippen MR) is 86.3 cm³/mol. The fourth-order valence-electron chi connectivity index (χ4n) is 2.68. The number of para-hydroxylation sites is 1. The van der Waals surface area contributed by atoms with Crippen molar-refractivity contribution in [2.75, 3.05) is 6.54 Å². The van der Waals surface area contributed by atoms with E-state index in [0.29, 0.717) is 6.54 Å². The maximum absolute atomic E-state index is 6.16. The Labute approximate surface area is 129 Å². The molecule has 1 unspecified atom stereocenters. The van der Waals surface area contributed by atoms with Crippen LogP contribution in [-0.4, -0.2) is 12.1 Å². The second-order valence-corrected chi connectivity index (χ2v) is 7.39. The number of rotatable bonds is 4. The minimum absolute atomic E-state index is 0.123. The van der Waals surface area contributed by atoms with E-state index >= 15 is 0 Å². The minimum Gasteiger partial charge on any atom is -0.483 e. The summed E-state index contributed by atoms with van der Waals surface area (Å²) in [4.78, 5) is 2.42. The molecule has 0 saturated carbocycles. The lowest BCUT2D eigenvalue weighted by Crippen LogP contribution is -2.25. The van der Waals surface area contributed by atoms with Crippen LogP contribution in [0.15, 0.2) is 30.3 Å². The van der Waals surface area contributed by atoms with Gasteiger partial charge in [-0.2, -0.15) is 0 Å². The highest BCUT2D eigenvalue weighted by atomic mass is 32.1. The molecule has 1 aliphatic heterocycles. The third-order valence-corrected chi connectivity index (χ3v) is 4.71. The Hall–Kier alpha value is -1.52. The SMILES string of the molecule is Cc1ccc(C(CN)Oc2cccc3c2OC(C)(C)C3)s1. The molecule has 21 heavy (non-hydrogen) atoms. The van der Waals surface area contributed by atoms with Crippen molar-refractivity contribution in [3.63, 3.8) is 0 Å². The molecule has 4 heteroatoms. The van der Waals surface area contributed by atoms with Crippen molar-refractivity contribution < 1.29 is 9.47 Å². The summed E-state index contributed by atoms with van der Waals surface area (Å²) in [6, 6.07) is 10.3. The average molecular weight is 303 g/mol. The standard InChI is InChI=1S/C17H21NO2S/c1-11-7-8-15(21-11)14(10-18)19-13-6-4-5-12-9-17(2,3)20-16(12)13/h4-8,14H,9-10,18H2,1-3H3. The van der Waals surface area contributed by atoms with E-state index in [9.17, 15) is 0 Å². The first kappa shape index (κ1) is 14.4. The summed E-state index contributed by atoms with van der Waals surface area (Å²) in [6.07, 6.45) is 0.785. The van der Waals surface area contributed by atoms with Gasteiger partial charge in [0.1, 0.15) is 11.7 Å². The van der Waals surface area contributed by atoms with Gasteiger partial charge in [-0.15, -0.1) is 11.3 Å². The van der Waals surface area contributed by atoms with Crippen molar-refractivity contribution in [2.45, 2.75) is 38.9 Å². The molecule has 1 aliphatic rings. The average Bonchev–Trinajstić information content (AvgIpc) is 2.98. The third kappa shape index (κ3) is 2.92. The lowest BCUT2D eigenvalue weighted by molar-refractivity contribution is 0.126. The quantitative estimate of drug-likeness (QED) is 0.933. The van der Waals surface area contributed by atoms with Crippen LogP contribution >= 0.6 is 11.3 Å². The molecule has 0 amide bonds. The molecule has 112 valence electrons. The van der Waals surface area contributed by atoms with Gasteiger partial charge in [-0.1, -0.05) is 12.1 Å². The number of aryl methyl sites for hydroxylation is 1. The fourth-order valence-corrected chi connectivity index (χ4v) is 3.60. The summed E-state index contributed by atoms with van der Waals surface area (Å²) >= 11 is 1.73. The highest BCUT2D eigenvalue weighted by Gasteiger charge is 2.32. The Morgan fingerprint density at radius 2 is 2.14 bits per heavy atom. The van der Waals surface area contributed by atoms with Gasteiger partial charge in [-0.25, -0.2) is 0 Å². The molecule has 3 nitrogen and oxygen atoms in total. The molecule has 0 saturated heterocycles. The van der Waals surface area contributed by atoms with Crippen LogP contribution in [0.4, 0.5) is 0 Å². The zero-order valence-corrected chi connectivity index (χ0v) is 13.5. The van der Waals surface area contributed by atoms with Crippen LogP contribution in [0.1, 0.15) is 35.3 Å². The Bertz CT molecular complexity index is 648. The maximum atomic E-state index is 6.16. The molecule has 1 aromatic heterocycles. The van der Waals surface area contributed by atoms with E-state index in [1.165, 1.54) is 10.4 Å². The molecule has 1 aromatic carbocycles. The van der Waals surface area contributed by atoms with Crippen molar-refractivity contribution in [1.29, 1.82) is 0 Å². The van der Waals surface area contributed by atoms with Crippen LogP contribution < -0.4 is 15.2 Å². The van der Waals surface area contributed by atoms with E-state index in [-0.39, 0.29) is 11.7 Å². The van der Waals surface area contributed by atoms with E-state index in [0.717, 1.165) is 22.8 Å². The molecular formula is C17H21NO2S. The highest BCUT2D eigenvalue weighted by molar-refractivity contribution is 7.12. The van der Waals surface area contributed by atoms with Crippen molar-refractivity contribution >= 4 is 11.3 Å². The van der Waals surface area contributed by atoms with Crippen LogP contribution in [0.5, 0.6) is 11.5 Å². The lowest BCUT2D eigenvalue weighted by Gasteiger charge is -2.20. The second-order valence-electron chi connectivity index (χ2n) is 6.07. The maximum Gasteiger partial charge on any atom is 0.165 e. The van der Waals surface area contributed by atoms with E-state index in [4.69, 9.17) is 15.2 Å². The Morgan fingerprint density at radius 1 is 1.33 bits per heavy atom. The van der Waals surface area contributed by atoms with Gasteiger partial charge >= 0.3 is 0 Å². The Morgan fingerprint density at radius 3 is 2.81 bits per heavy atom. The number of hydrogen-bond donors (Lipinski definition) is 1. The Balaban J connectivity index is 1.87. The number of hydrogen-bond acceptors (Lipinski definition) is 4. The van der Waals surface area contributed by atoms with E-state index in [2.05, 4.69) is 39.0 Å². The largest absolute Gasteiger partial charge is 0.483 e. The third-order valence-electron chi connectivity index (χ3n) is 3.62. The van der Waals surface area contributed by atoms with Crippen LogP contribution in [0, 0.1) is 6.92 Å². The summed E-state index contributed by atoms with van der Waals surface area (Å²) in [5.74, 6) is 1.66. The van der Waals surface area contributed by atoms with Crippen LogP contribution in [0.25, 0.3) is 0 Å². The van der Waals surface area contributed by atoms with E-state index in [1.54, 1.807) is 11.3 Å². The predicted octanol–water partition coefficient (Wildman–Crippen LogP) is 3.85. The van der Waals surface area contributed by atoms with Gasteiger partial charge in [0, 0.05) is 28.3 Å². The number of ether oxygens (including phenoxy) is 2. The summed E-state index contributed by atoms with van der Waals surface area (Å²) in [5.41, 5.74) is 6.94. The number of thiophene rings is 1. The van der Waals surface area contributed by atoms with Crippen LogP contribution in [0.3, 0.4) is 0 Å². The number of fused-ring (bicyclic) bond motifs is 1. The van der Waals surface area contributed by atoms with Crippen LogP contribution in [0.2, 0.25) is 0 Å². The van der Waals surface area contributed by atoms with Gasteiger partial charge in [-0.05, 0) is 39.0 Å². The zero-order valence-electron chi connectivity index (χ0n) is 12.7. The lowest BCUT2D eigenvalue weighted by atomic mass is 10.0. The number of benzene rings is 1. The summed E-state index contributed by atoms with van der Waals surface area (Å²) in [6.45, 7) is 6.74. The smallest absolute Gasteiger partial charge is 0.165 e. The summed E-state index contributed by atoms with van der Waals surface area (Å²) < 4.78 is 12.2. The minimum atomic E-state index is -0.167. The monoisotopic (exact) mass is 303 g/mol. The fraction of sp³-hybridized carbons (Fsp3) is 0.412. The second kappa shape index (κ2) is 5.35. The van der Waals surface area contributed by atoms with Gasteiger partial charge in [0.25, 0.3) is 0 Å². The van der Waals surface area contributed by atoms with Crippen LogP contribution in [-0.2, 0) is 6.42 Å². The van der Waals surface area contributed by atoms with Gasteiger partial charge in [0.15, 0.2) is 11.5 Å². The first-order valence-corrected chi connectivity index (χ1v) is 8.04. The topological polar surface area (TPSA) is 44.5 Å². The molecule has 0 fully saturated rings. The molecule has 2 N–H and O–H groups in total. The van der Waals surface area contributed by atoms with Gasteiger partial charge in [0.05, 0.1) is 0 Å². The molecule has 0 radical (unpaired) electrons. The van der Waals surface area contributed by atoms with Crippen molar-refractivity contribution in [3.8, 4) is 11.5 Å². The molecule has 0 aliphatic carbocycles.